The van der Waals surface area contributed by atoms with Gasteiger partial charge >= 0.3 is 0 Å². The van der Waals surface area contributed by atoms with Gasteiger partial charge in [0.25, 0.3) is 5.91 Å². The summed E-state index contributed by atoms with van der Waals surface area (Å²) in [5.74, 6) is -0.0548. The molecule has 2 aromatic carbocycles. The van der Waals surface area contributed by atoms with Gasteiger partial charge in [-0.15, -0.1) is 0 Å². The van der Waals surface area contributed by atoms with E-state index in [1.165, 1.54) is 0 Å². The monoisotopic (exact) mass is 407 g/mol. The molecular weight excluding hydrogens is 394 g/mol. The van der Waals surface area contributed by atoms with Gasteiger partial charge in [-0.05, 0) is 24.3 Å². The van der Waals surface area contributed by atoms with Crippen molar-refractivity contribution in [2.75, 3.05) is 0 Å². The Morgan fingerprint density at radius 3 is 2.58 bits per heavy atom. The molecule has 0 saturated heterocycles. The van der Waals surface area contributed by atoms with Crippen molar-refractivity contribution in [3.05, 3.63) is 64.6 Å². The zero-order valence-corrected chi connectivity index (χ0v) is 15.2. The highest BCUT2D eigenvalue weighted by atomic mass is 79.9. The largest absolute Gasteiger partial charge is 0.385 e. The van der Waals surface area contributed by atoms with E-state index >= 15 is 0 Å². The maximum atomic E-state index is 13.0. The molecule has 1 aliphatic heterocycles. The number of nitrogens with one attached hydrogen (secondary N) is 1. The van der Waals surface area contributed by atoms with Crippen LogP contribution in [0.3, 0.4) is 0 Å². The SMILES string of the molecule is N=C1CC(N)=NN1C(=O)c1cc(-c2ccc(Br)cc2)nc2ccccc12. The summed E-state index contributed by atoms with van der Waals surface area (Å²) in [4.78, 5) is 17.7. The Morgan fingerprint density at radius 2 is 1.88 bits per heavy atom. The molecule has 6 nitrogen and oxygen atoms in total. The molecule has 1 aromatic heterocycles. The van der Waals surface area contributed by atoms with E-state index in [9.17, 15) is 4.79 Å². The van der Waals surface area contributed by atoms with E-state index in [2.05, 4.69) is 26.0 Å². The van der Waals surface area contributed by atoms with Gasteiger partial charge in [-0.2, -0.15) is 10.1 Å². The summed E-state index contributed by atoms with van der Waals surface area (Å²) >= 11 is 3.42. The van der Waals surface area contributed by atoms with Crippen LogP contribution in [0.4, 0.5) is 0 Å². The number of aromatic nitrogens is 1. The number of amidine groups is 2. The van der Waals surface area contributed by atoms with Crippen molar-refractivity contribution in [2.45, 2.75) is 6.42 Å². The minimum atomic E-state index is -0.382. The standard InChI is InChI=1S/C19H14BrN5O/c20-12-7-5-11(6-8-12)16-9-14(13-3-1-2-4-15(13)23-16)19(26)25-18(22)10-17(21)24-25/h1-9,22H,10H2,(H2,21,24). The third-order valence-corrected chi connectivity index (χ3v) is 4.64. The maximum absolute atomic E-state index is 13.0. The molecule has 0 atom stereocenters. The van der Waals surface area contributed by atoms with Crippen LogP contribution in [-0.2, 0) is 0 Å². The highest BCUT2D eigenvalue weighted by Crippen LogP contribution is 2.27. The molecule has 2 heterocycles. The first kappa shape index (κ1) is 16.4. The fraction of sp³-hybridized carbons (Fsp3) is 0.0526. The van der Waals surface area contributed by atoms with Crippen LogP contribution in [0.5, 0.6) is 0 Å². The Bertz CT molecular complexity index is 1070. The molecule has 4 rings (SSSR count). The van der Waals surface area contributed by atoms with Gasteiger partial charge in [0.2, 0.25) is 0 Å². The number of nitrogens with two attached hydrogens (primary N) is 1. The summed E-state index contributed by atoms with van der Waals surface area (Å²) < 4.78 is 0.966. The summed E-state index contributed by atoms with van der Waals surface area (Å²) in [5.41, 5.74) is 8.40. The Labute approximate surface area is 158 Å². The van der Waals surface area contributed by atoms with Crippen LogP contribution in [0.25, 0.3) is 22.2 Å². The first-order valence-corrected chi connectivity index (χ1v) is 8.73. The Balaban J connectivity index is 1.89. The highest BCUT2D eigenvalue weighted by Gasteiger charge is 2.27. The topological polar surface area (TPSA) is 95.4 Å². The Morgan fingerprint density at radius 1 is 1.15 bits per heavy atom. The van der Waals surface area contributed by atoms with E-state index in [-0.39, 0.29) is 24.0 Å². The zero-order chi connectivity index (χ0) is 18.3. The number of halogens is 1. The minimum Gasteiger partial charge on any atom is -0.385 e. The van der Waals surface area contributed by atoms with Gasteiger partial charge in [0.1, 0.15) is 11.7 Å². The third-order valence-electron chi connectivity index (χ3n) is 4.11. The number of fused-ring (bicyclic) bond motifs is 1. The number of rotatable bonds is 2. The second kappa shape index (κ2) is 6.34. The number of carbonyl (C=O) groups is 1. The van der Waals surface area contributed by atoms with Crippen molar-refractivity contribution < 1.29 is 4.79 Å². The third kappa shape index (κ3) is 2.86. The molecule has 7 heteroatoms. The number of para-hydroxylation sites is 1. The summed E-state index contributed by atoms with van der Waals surface area (Å²) in [7, 11) is 0. The first-order chi connectivity index (χ1) is 12.5. The lowest BCUT2D eigenvalue weighted by Gasteiger charge is -2.14. The molecule has 0 unspecified atom stereocenters. The smallest absolute Gasteiger partial charge is 0.280 e. The van der Waals surface area contributed by atoms with Gasteiger partial charge in [0.15, 0.2) is 0 Å². The second-order valence-electron chi connectivity index (χ2n) is 5.91. The van der Waals surface area contributed by atoms with Crippen LogP contribution < -0.4 is 5.73 Å². The zero-order valence-electron chi connectivity index (χ0n) is 13.6. The van der Waals surface area contributed by atoms with E-state index in [4.69, 9.17) is 11.1 Å². The molecule has 26 heavy (non-hydrogen) atoms. The van der Waals surface area contributed by atoms with Crippen LogP contribution in [0.15, 0.2) is 64.2 Å². The van der Waals surface area contributed by atoms with E-state index in [1.54, 1.807) is 6.07 Å². The van der Waals surface area contributed by atoms with Gasteiger partial charge in [-0.3, -0.25) is 10.2 Å². The molecule has 0 fully saturated rings. The predicted molar refractivity (Wildman–Crippen MR) is 105 cm³/mol. The van der Waals surface area contributed by atoms with E-state index in [0.717, 1.165) is 15.0 Å². The molecule has 128 valence electrons. The van der Waals surface area contributed by atoms with Gasteiger partial charge in [-0.1, -0.05) is 46.3 Å². The molecule has 0 spiro atoms. The Kier molecular flexibility index (Phi) is 4.00. The van der Waals surface area contributed by atoms with E-state index in [1.807, 2.05) is 48.5 Å². The van der Waals surface area contributed by atoms with Crippen LogP contribution in [0, 0.1) is 5.41 Å². The molecule has 3 aromatic rings. The number of nitrogens with zero attached hydrogens (tertiary/aromatic N) is 3. The number of hydrogen-bond acceptors (Lipinski definition) is 5. The van der Waals surface area contributed by atoms with Crippen LogP contribution in [0.2, 0.25) is 0 Å². The number of benzene rings is 2. The number of hydrazone groups is 1. The van der Waals surface area contributed by atoms with Crippen molar-refractivity contribution in [1.29, 1.82) is 5.41 Å². The minimum absolute atomic E-state index is 0.0681. The van der Waals surface area contributed by atoms with Gasteiger partial charge in [0, 0.05) is 15.4 Å². The fourth-order valence-corrected chi connectivity index (χ4v) is 3.14. The fourth-order valence-electron chi connectivity index (χ4n) is 2.87. The number of carbonyl (C=O) groups excluding carboxylic acids is 1. The molecule has 3 N–H and O–H groups in total. The van der Waals surface area contributed by atoms with Crippen molar-refractivity contribution in [3.8, 4) is 11.3 Å². The summed E-state index contributed by atoms with van der Waals surface area (Å²) in [6.07, 6.45) is 0.175. The van der Waals surface area contributed by atoms with Gasteiger partial charge in [-0.25, -0.2) is 4.98 Å². The normalized spacial score (nSPS) is 14.0. The van der Waals surface area contributed by atoms with Gasteiger partial charge in [0.05, 0.1) is 23.2 Å². The van der Waals surface area contributed by atoms with Crippen LogP contribution >= 0.6 is 15.9 Å². The summed E-state index contributed by atoms with van der Waals surface area (Å²) in [5, 5.41) is 13.7. The summed E-state index contributed by atoms with van der Waals surface area (Å²) in [6.45, 7) is 0. The quantitative estimate of drug-likeness (QED) is 0.676. The average Bonchev–Trinajstić information content (AvgIpc) is 2.99. The molecule has 0 saturated carbocycles. The predicted octanol–water partition coefficient (Wildman–Crippen LogP) is 3.76. The van der Waals surface area contributed by atoms with Crippen molar-refractivity contribution in [1.82, 2.24) is 9.99 Å². The number of amides is 1. The molecule has 1 aliphatic rings. The lowest BCUT2D eigenvalue weighted by atomic mass is 10.0. The van der Waals surface area contributed by atoms with Crippen molar-refractivity contribution >= 4 is 44.4 Å². The second-order valence-corrected chi connectivity index (χ2v) is 6.83. The lowest BCUT2D eigenvalue weighted by molar-refractivity contribution is 0.0854. The molecule has 1 amide bonds. The lowest BCUT2D eigenvalue weighted by Crippen LogP contribution is -2.28. The van der Waals surface area contributed by atoms with E-state index in [0.29, 0.717) is 22.2 Å². The van der Waals surface area contributed by atoms with Crippen LogP contribution in [0.1, 0.15) is 16.8 Å². The molecule has 0 bridgehead atoms. The van der Waals surface area contributed by atoms with Crippen LogP contribution in [-0.4, -0.2) is 27.6 Å². The Hall–Kier alpha value is -3.06. The average molecular weight is 408 g/mol. The molecule has 0 radical (unpaired) electrons. The maximum Gasteiger partial charge on any atom is 0.280 e. The number of pyridine rings is 1. The summed E-state index contributed by atoms with van der Waals surface area (Å²) in [6, 6.07) is 16.9. The van der Waals surface area contributed by atoms with Crippen molar-refractivity contribution in [2.24, 2.45) is 10.8 Å². The van der Waals surface area contributed by atoms with Gasteiger partial charge < -0.3 is 5.73 Å². The molecular formula is C19H14BrN5O. The highest BCUT2D eigenvalue weighted by molar-refractivity contribution is 9.10. The molecule has 0 aliphatic carbocycles. The van der Waals surface area contributed by atoms with E-state index < -0.39 is 0 Å². The first-order valence-electron chi connectivity index (χ1n) is 7.93. The van der Waals surface area contributed by atoms with Crippen molar-refractivity contribution in [3.63, 3.8) is 0 Å². The number of hydrogen-bond donors (Lipinski definition) is 2.